The van der Waals surface area contributed by atoms with Gasteiger partial charge in [0.25, 0.3) is 5.56 Å². The van der Waals surface area contributed by atoms with Crippen LogP contribution >= 0.6 is 0 Å². The summed E-state index contributed by atoms with van der Waals surface area (Å²) in [5, 5.41) is 1.11. The molecule has 2 heteroatoms. The van der Waals surface area contributed by atoms with E-state index >= 15 is 0 Å². The van der Waals surface area contributed by atoms with E-state index in [2.05, 4.69) is 0 Å². The van der Waals surface area contributed by atoms with Gasteiger partial charge in [-0.25, -0.2) is 0 Å². The first-order chi connectivity index (χ1) is 6.20. The number of pyridine rings is 1. The molecule has 1 aromatic heterocycles. The van der Waals surface area contributed by atoms with Gasteiger partial charge in [-0.05, 0) is 23.9 Å². The molecular formula is C11H11NO. The van der Waals surface area contributed by atoms with Gasteiger partial charge in [-0.1, -0.05) is 18.2 Å². The van der Waals surface area contributed by atoms with Crippen molar-refractivity contribution >= 4 is 10.9 Å². The maximum absolute atomic E-state index is 11.3. The molecule has 1 heterocycles. The third kappa shape index (κ3) is 1.15. The highest BCUT2D eigenvalue weighted by atomic mass is 16.1. The molecule has 0 saturated carbocycles. The van der Waals surface area contributed by atoms with Crippen molar-refractivity contribution in [3.63, 3.8) is 0 Å². The van der Waals surface area contributed by atoms with Crippen LogP contribution in [0.3, 0.4) is 0 Å². The van der Waals surface area contributed by atoms with Gasteiger partial charge in [-0.3, -0.25) is 4.79 Å². The topological polar surface area (TPSA) is 22.0 Å². The van der Waals surface area contributed by atoms with Crippen LogP contribution in [0.2, 0.25) is 0 Å². The van der Waals surface area contributed by atoms with E-state index in [-0.39, 0.29) is 5.56 Å². The van der Waals surface area contributed by atoms with Gasteiger partial charge in [0.05, 0.1) is 5.52 Å². The maximum atomic E-state index is 11.3. The fourth-order valence-electron chi connectivity index (χ4n) is 1.66. The van der Waals surface area contributed by atoms with Gasteiger partial charge in [-0.2, -0.15) is 0 Å². The monoisotopic (exact) mass is 173 g/mol. The lowest BCUT2D eigenvalue weighted by molar-refractivity contribution is 0.902. The minimum Gasteiger partial charge on any atom is -0.311 e. The Morgan fingerprint density at radius 2 is 1.92 bits per heavy atom. The summed E-state index contributed by atoms with van der Waals surface area (Å²) in [5.74, 6) is 0. The molecule has 0 N–H and O–H groups in total. The van der Waals surface area contributed by atoms with Crippen molar-refractivity contribution in [1.29, 1.82) is 0 Å². The lowest BCUT2D eigenvalue weighted by Crippen LogP contribution is -2.15. The van der Waals surface area contributed by atoms with Crippen molar-refractivity contribution in [3.8, 4) is 0 Å². The van der Waals surface area contributed by atoms with E-state index in [1.54, 1.807) is 17.7 Å². The van der Waals surface area contributed by atoms with Gasteiger partial charge in [0.2, 0.25) is 0 Å². The largest absolute Gasteiger partial charge is 0.311 e. The molecule has 0 amide bonds. The van der Waals surface area contributed by atoms with Crippen LogP contribution in [0.1, 0.15) is 5.56 Å². The first-order valence-corrected chi connectivity index (χ1v) is 4.25. The third-order valence-electron chi connectivity index (χ3n) is 2.34. The second kappa shape index (κ2) is 2.73. The maximum Gasteiger partial charge on any atom is 0.250 e. The van der Waals surface area contributed by atoms with Crippen molar-refractivity contribution in [3.05, 3.63) is 46.2 Å². The van der Waals surface area contributed by atoms with Gasteiger partial charge in [-0.15, -0.1) is 0 Å². The van der Waals surface area contributed by atoms with Crippen molar-refractivity contribution in [2.75, 3.05) is 0 Å². The molecule has 0 radical (unpaired) electrons. The molecule has 2 nitrogen and oxygen atoms in total. The minimum atomic E-state index is 0.0433. The van der Waals surface area contributed by atoms with Crippen LogP contribution in [-0.4, -0.2) is 4.57 Å². The normalized spacial score (nSPS) is 10.6. The highest BCUT2D eigenvalue weighted by Crippen LogP contribution is 2.14. The van der Waals surface area contributed by atoms with E-state index in [9.17, 15) is 4.79 Å². The molecule has 66 valence electrons. The molecule has 0 aliphatic carbocycles. The lowest BCUT2D eigenvalue weighted by Gasteiger charge is -2.06. The first kappa shape index (κ1) is 8.05. The molecular weight excluding hydrogens is 162 g/mol. The number of rotatable bonds is 0. The molecule has 2 rings (SSSR count). The molecule has 0 atom stereocenters. The van der Waals surface area contributed by atoms with Gasteiger partial charge in [0, 0.05) is 13.1 Å². The molecule has 0 aliphatic heterocycles. The average Bonchev–Trinajstić information content (AvgIpc) is 2.12. The van der Waals surface area contributed by atoms with E-state index in [0.717, 1.165) is 16.5 Å². The number of aromatic nitrogens is 1. The Kier molecular flexibility index (Phi) is 1.69. The number of hydrogen-bond donors (Lipinski definition) is 0. The summed E-state index contributed by atoms with van der Waals surface area (Å²) >= 11 is 0. The Bertz CT molecular complexity index is 511. The van der Waals surface area contributed by atoms with Crippen molar-refractivity contribution in [2.45, 2.75) is 6.92 Å². The van der Waals surface area contributed by atoms with E-state index in [1.165, 1.54) is 0 Å². The molecule has 0 unspecified atom stereocenters. The van der Waals surface area contributed by atoms with E-state index in [4.69, 9.17) is 0 Å². The highest BCUT2D eigenvalue weighted by molar-refractivity contribution is 5.81. The van der Waals surface area contributed by atoms with Crippen LogP contribution in [0, 0.1) is 6.92 Å². The van der Waals surface area contributed by atoms with Crippen molar-refractivity contribution < 1.29 is 0 Å². The Balaban J connectivity index is 3.05. The molecule has 0 spiro atoms. The van der Waals surface area contributed by atoms with Gasteiger partial charge in [0.1, 0.15) is 0 Å². The number of hydrogen-bond acceptors (Lipinski definition) is 1. The quantitative estimate of drug-likeness (QED) is 0.596. The molecule has 2 aromatic rings. The second-order valence-electron chi connectivity index (χ2n) is 3.24. The smallest absolute Gasteiger partial charge is 0.250 e. The molecule has 0 saturated heterocycles. The predicted octanol–water partition coefficient (Wildman–Crippen LogP) is 1.85. The second-order valence-corrected chi connectivity index (χ2v) is 3.24. The average molecular weight is 173 g/mol. The number of para-hydroxylation sites is 1. The summed E-state index contributed by atoms with van der Waals surface area (Å²) in [5.41, 5.74) is 2.20. The fraction of sp³-hybridized carbons (Fsp3) is 0.182. The van der Waals surface area contributed by atoms with Gasteiger partial charge < -0.3 is 4.57 Å². The Labute approximate surface area is 76.4 Å². The molecule has 0 fully saturated rings. The van der Waals surface area contributed by atoms with E-state index in [1.807, 2.05) is 31.2 Å². The van der Waals surface area contributed by atoms with Gasteiger partial charge in [0.15, 0.2) is 0 Å². The molecule has 0 bridgehead atoms. The zero-order valence-electron chi connectivity index (χ0n) is 7.74. The Morgan fingerprint density at radius 1 is 1.15 bits per heavy atom. The number of nitrogens with zero attached hydrogens (tertiary/aromatic N) is 1. The zero-order chi connectivity index (χ0) is 9.42. The third-order valence-corrected chi connectivity index (χ3v) is 2.34. The Morgan fingerprint density at radius 3 is 2.69 bits per heavy atom. The highest BCUT2D eigenvalue weighted by Gasteiger charge is 2.00. The number of fused-ring (bicyclic) bond motifs is 1. The van der Waals surface area contributed by atoms with Crippen LogP contribution < -0.4 is 5.56 Å². The summed E-state index contributed by atoms with van der Waals surface area (Å²) in [6.45, 7) is 2.02. The van der Waals surface area contributed by atoms with Crippen LogP contribution in [-0.2, 0) is 7.05 Å². The van der Waals surface area contributed by atoms with E-state index < -0.39 is 0 Å². The first-order valence-electron chi connectivity index (χ1n) is 4.25. The summed E-state index contributed by atoms with van der Waals surface area (Å²) < 4.78 is 1.69. The van der Waals surface area contributed by atoms with Crippen molar-refractivity contribution in [2.24, 2.45) is 7.05 Å². The zero-order valence-corrected chi connectivity index (χ0v) is 7.74. The summed E-state index contributed by atoms with van der Waals surface area (Å²) in [4.78, 5) is 11.3. The van der Waals surface area contributed by atoms with Gasteiger partial charge >= 0.3 is 0 Å². The lowest BCUT2D eigenvalue weighted by atomic mass is 10.1. The fourth-order valence-corrected chi connectivity index (χ4v) is 1.66. The van der Waals surface area contributed by atoms with Crippen molar-refractivity contribution in [1.82, 2.24) is 4.57 Å². The minimum absolute atomic E-state index is 0.0433. The molecule has 0 aliphatic rings. The predicted molar refractivity (Wildman–Crippen MR) is 53.9 cm³/mol. The van der Waals surface area contributed by atoms with E-state index in [0.29, 0.717) is 0 Å². The van der Waals surface area contributed by atoms with Crippen LogP contribution in [0.4, 0.5) is 0 Å². The van der Waals surface area contributed by atoms with Crippen LogP contribution in [0.5, 0.6) is 0 Å². The molecule has 1 aromatic carbocycles. The van der Waals surface area contributed by atoms with Crippen LogP contribution in [0.15, 0.2) is 35.1 Å². The number of benzene rings is 1. The number of aryl methyl sites for hydroxylation is 2. The summed E-state index contributed by atoms with van der Waals surface area (Å²) in [7, 11) is 1.80. The summed E-state index contributed by atoms with van der Waals surface area (Å²) in [6.07, 6.45) is 0. The summed E-state index contributed by atoms with van der Waals surface area (Å²) in [6, 6.07) is 9.50. The Hall–Kier alpha value is -1.57. The SMILES string of the molecule is Cc1cccc2ccc(=O)n(C)c12. The standard InChI is InChI=1S/C11H11NO/c1-8-4-3-5-9-6-7-10(13)12(2)11(8)9/h3-7H,1-2H3. The van der Waals surface area contributed by atoms with Crippen LogP contribution in [0.25, 0.3) is 10.9 Å². The molecule has 13 heavy (non-hydrogen) atoms.